The van der Waals surface area contributed by atoms with E-state index in [0.717, 1.165) is 32.2 Å². The van der Waals surface area contributed by atoms with Gasteiger partial charge in [0.25, 0.3) is 0 Å². The number of carbonyl (C=O) groups excluding carboxylic acids is 1. The first-order valence-corrected chi connectivity index (χ1v) is 5.33. The Morgan fingerprint density at radius 2 is 2.36 bits per heavy atom. The van der Waals surface area contributed by atoms with E-state index < -0.39 is 0 Å². The second-order valence-electron chi connectivity index (χ2n) is 4.36. The van der Waals surface area contributed by atoms with Crippen molar-refractivity contribution < 1.29 is 9.90 Å². The molecule has 2 aliphatic rings. The number of hydrogen-bond donors (Lipinski definition) is 2. The summed E-state index contributed by atoms with van der Waals surface area (Å²) in [5.41, 5.74) is -0.206. The van der Waals surface area contributed by atoms with E-state index in [0.29, 0.717) is 0 Å². The van der Waals surface area contributed by atoms with Crippen molar-refractivity contribution in [3.63, 3.8) is 0 Å². The van der Waals surface area contributed by atoms with Gasteiger partial charge in [0, 0.05) is 6.54 Å². The molecule has 0 spiro atoms. The fourth-order valence-electron chi connectivity index (χ4n) is 2.52. The molecule has 0 aromatic rings. The van der Waals surface area contributed by atoms with E-state index in [2.05, 4.69) is 5.32 Å². The van der Waals surface area contributed by atoms with Crippen LogP contribution in [0.2, 0.25) is 0 Å². The Kier molecular flexibility index (Phi) is 2.49. The number of likely N-dealkylation sites (N-methyl/N-ethyl adjacent to an activating group) is 1. The second-order valence-corrected chi connectivity index (χ2v) is 4.36. The van der Waals surface area contributed by atoms with E-state index in [9.17, 15) is 9.90 Å². The normalized spacial score (nSPS) is 30.6. The van der Waals surface area contributed by atoms with Crippen LogP contribution < -0.4 is 5.32 Å². The summed E-state index contributed by atoms with van der Waals surface area (Å²) in [6.07, 6.45) is 3.93. The van der Waals surface area contributed by atoms with Gasteiger partial charge in [-0.05, 0) is 32.7 Å². The average molecular weight is 198 g/mol. The minimum atomic E-state index is -0.206. The van der Waals surface area contributed by atoms with E-state index in [1.165, 1.54) is 0 Å². The summed E-state index contributed by atoms with van der Waals surface area (Å²) >= 11 is 0. The van der Waals surface area contributed by atoms with Gasteiger partial charge in [-0.3, -0.25) is 4.79 Å². The highest BCUT2D eigenvalue weighted by Gasteiger charge is 2.48. The molecule has 1 atom stereocenters. The Morgan fingerprint density at radius 3 is 2.71 bits per heavy atom. The van der Waals surface area contributed by atoms with Crippen LogP contribution in [0.25, 0.3) is 0 Å². The molecular weight excluding hydrogens is 180 g/mol. The molecule has 0 aromatic carbocycles. The molecule has 2 fully saturated rings. The van der Waals surface area contributed by atoms with Gasteiger partial charge < -0.3 is 15.3 Å². The number of nitrogens with one attached hydrogen (secondary N) is 1. The molecule has 4 heteroatoms. The van der Waals surface area contributed by atoms with Crippen molar-refractivity contribution in [1.82, 2.24) is 10.2 Å². The fourth-order valence-corrected chi connectivity index (χ4v) is 2.52. The smallest absolute Gasteiger partial charge is 0.240 e. The summed E-state index contributed by atoms with van der Waals surface area (Å²) in [6.45, 7) is 0.917. The van der Waals surface area contributed by atoms with Gasteiger partial charge >= 0.3 is 0 Å². The van der Waals surface area contributed by atoms with E-state index in [1.54, 1.807) is 0 Å². The lowest BCUT2D eigenvalue weighted by molar-refractivity contribution is -0.141. The Labute approximate surface area is 84.3 Å². The van der Waals surface area contributed by atoms with Gasteiger partial charge in [0.2, 0.25) is 5.91 Å². The summed E-state index contributed by atoms with van der Waals surface area (Å²) in [4.78, 5) is 13.8. The molecule has 2 N–H and O–H groups in total. The van der Waals surface area contributed by atoms with Crippen LogP contribution in [-0.4, -0.2) is 47.7 Å². The predicted molar refractivity (Wildman–Crippen MR) is 52.8 cm³/mol. The zero-order valence-electron chi connectivity index (χ0n) is 8.62. The predicted octanol–water partition coefficient (Wildman–Crippen LogP) is -0.278. The SMILES string of the molecule is CNC1CCN(C2(CO)CCC2)C1=O. The molecule has 0 radical (unpaired) electrons. The minimum Gasteiger partial charge on any atom is -0.394 e. The van der Waals surface area contributed by atoms with Gasteiger partial charge in [0.1, 0.15) is 0 Å². The van der Waals surface area contributed by atoms with Crippen LogP contribution in [0.5, 0.6) is 0 Å². The van der Waals surface area contributed by atoms with E-state index in [4.69, 9.17) is 0 Å². The van der Waals surface area contributed by atoms with Crippen LogP contribution >= 0.6 is 0 Å². The number of amides is 1. The molecule has 1 saturated carbocycles. The van der Waals surface area contributed by atoms with Gasteiger partial charge in [-0.25, -0.2) is 0 Å². The third-order valence-corrected chi connectivity index (χ3v) is 3.71. The molecule has 1 amide bonds. The van der Waals surface area contributed by atoms with Gasteiger partial charge in [-0.2, -0.15) is 0 Å². The first-order chi connectivity index (χ1) is 6.73. The molecule has 0 aromatic heterocycles. The van der Waals surface area contributed by atoms with Crippen LogP contribution in [0.3, 0.4) is 0 Å². The Morgan fingerprint density at radius 1 is 1.64 bits per heavy atom. The molecule has 1 heterocycles. The van der Waals surface area contributed by atoms with Crippen molar-refractivity contribution >= 4 is 5.91 Å². The molecule has 14 heavy (non-hydrogen) atoms. The molecule has 1 saturated heterocycles. The zero-order chi connectivity index (χ0) is 10.2. The number of aliphatic hydroxyl groups is 1. The van der Waals surface area contributed by atoms with Crippen molar-refractivity contribution in [3.05, 3.63) is 0 Å². The number of nitrogens with zero attached hydrogens (tertiary/aromatic N) is 1. The van der Waals surface area contributed by atoms with Crippen molar-refractivity contribution in [1.29, 1.82) is 0 Å². The van der Waals surface area contributed by atoms with Gasteiger partial charge in [0.05, 0.1) is 18.2 Å². The quantitative estimate of drug-likeness (QED) is 0.656. The van der Waals surface area contributed by atoms with E-state index in [-0.39, 0.29) is 24.1 Å². The molecular formula is C10H18N2O2. The van der Waals surface area contributed by atoms with E-state index in [1.807, 2.05) is 11.9 Å². The Bertz CT molecular complexity index is 233. The summed E-state index contributed by atoms with van der Waals surface area (Å²) in [7, 11) is 1.82. The highest BCUT2D eigenvalue weighted by Crippen LogP contribution is 2.39. The number of aliphatic hydroxyl groups excluding tert-OH is 1. The van der Waals surface area contributed by atoms with Crippen LogP contribution in [0.15, 0.2) is 0 Å². The Balaban J connectivity index is 2.08. The highest BCUT2D eigenvalue weighted by atomic mass is 16.3. The average Bonchev–Trinajstić information content (AvgIpc) is 2.48. The number of likely N-dealkylation sites (tertiary alicyclic amines) is 1. The molecule has 0 bridgehead atoms. The molecule has 1 unspecified atom stereocenters. The van der Waals surface area contributed by atoms with Crippen LogP contribution in [-0.2, 0) is 4.79 Å². The highest BCUT2D eigenvalue weighted by molar-refractivity contribution is 5.84. The summed E-state index contributed by atoms with van der Waals surface area (Å²) in [5.74, 6) is 0.168. The Hall–Kier alpha value is -0.610. The maximum absolute atomic E-state index is 11.9. The van der Waals surface area contributed by atoms with Crippen molar-refractivity contribution in [2.75, 3.05) is 20.2 Å². The van der Waals surface area contributed by atoms with Crippen molar-refractivity contribution in [2.24, 2.45) is 0 Å². The van der Waals surface area contributed by atoms with Gasteiger partial charge in [-0.1, -0.05) is 0 Å². The lowest BCUT2D eigenvalue weighted by Crippen LogP contribution is -2.58. The lowest BCUT2D eigenvalue weighted by atomic mass is 9.76. The van der Waals surface area contributed by atoms with Crippen LogP contribution in [0.4, 0.5) is 0 Å². The fraction of sp³-hybridized carbons (Fsp3) is 0.900. The number of rotatable bonds is 3. The third kappa shape index (κ3) is 1.25. The summed E-state index contributed by atoms with van der Waals surface area (Å²) in [5, 5.41) is 12.4. The minimum absolute atomic E-state index is 0.0287. The first kappa shape index (κ1) is 9.93. The lowest BCUT2D eigenvalue weighted by Gasteiger charge is -2.47. The maximum atomic E-state index is 11.9. The van der Waals surface area contributed by atoms with Gasteiger partial charge in [-0.15, -0.1) is 0 Å². The summed E-state index contributed by atoms with van der Waals surface area (Å²) in [6, 6.07) is -0.0287. The monoisotopic (exact) mass is 198 g/mol. The second kappa shape index (κ2) is 3.51. The maximum Gasteiger partial charge on any atom is 0.240 e. The number of hydrogen-bond acceptors (Lipinski definition) is 3. The van der Waals surface area contributed by atoms with Gasteiger partial charge in [0.15, 0.2) is 0 Å². The molecule has 1 aliphatic heterocycles. The molecule has 4 nitrogen and oxygen atoms in total. The van der Waals surface area contributed by atoms with Crippen molar-refractivity contribution in [3.8, 4) is 0 Å². The van der Waals surface area contributed by atoms with Crippen LogP contribution in [0, 0.1) is 0 Å². The zero-order valence-corrected chi connectivity index (χ0v) is 8.62. The van der Waals surface area contributed by atoms with Crippen molar-refractivity contribution in [2.45, 2.75) is 37.3 Å². The third-order valence-electron chi connectivity index (χ3n) is 3.71. The van der Waals surface area contributed by atoms with Crippen LogP contribution in [0.1, 0.15) is 25.7 Å². The molecule has 80 valence electrons. The topological polar surface area (TPSA) is 52.6 Å². The van der Waals surface area contributed by atoms with E-state index >= 15 is 0 Å². The molecule has 1 aliphatic carbocycles. The molecule has 2 rings (SSSR count). The standard InChI is InChI=1S/C10H18N2O2/c1-11-8-3-6-12(9(8)14)10(7-13)4-2-5-10/h8,11,13H,2-7H2,1H3. The summed E-state index contributed by atoms with van der Waals surface area (Å²) < 4.78 is 0. The number of carbonyl (C=O) groups is 1. The largest absolute Gasteiger partial charge is 0.394 e. The first-order valence-electron chi connectivity index (χ1n) is 5.33.